The normalized spacial score (nSPS) is 13.3. The Morgan fingerprint density at radius 2 is 1.97 bits per heavy atom. The highest BCUT2D eigenvalue weighted by Gasteiger charge is 2.24. The monoisotopic (exact) mass is 493 g/mol. The lowest BCUT2D eigenvalue weighted by Crippen LogP contribution is -2.24. The molecule has 34 heavy (non-hydrogen) atoms. The van der Waals surface area contributed by atoms with Crippen molar-refractivity contribution in [3.05, 3.63) is 61.9 Å². The van der Waals surface area contributed by atoms with E-state index in [9.17, 15) is 9.59 Å². The van der Waals surface area contributed by atoms with E-state index in [4.69, 9.17) is 4.98 Å². The van der Waals surface area contributed by atoms with Gasteiger partial charge in [0, 0.05) is 18.0 Å². The van der Waals surface area contributed by atoms with Gasteiger partial charge in [-0.05, 0) is 63.6 Å². The Morgan fingerprint density at radius 3 is 2.71 bits per heavy atom. The molecule has 0 spiro atoms. The summed E-state index contributed by atoms with van der Waals surface area (Å²) in [4.78, 5) is 33.6. The second kappa shape index (κ2) is 9.03. The summed E-state index contributed by atoms with van der Waals surface area (Å²) in [6.07, 6.45) is 4.19. The van der Waals surface area contributed by atoms with Gasteiger partial charge in [0.25, 0.3) is 5.56 Å². The van der Waals surface area contributed by atoms with E-state index in [0.717, 1.165) is 58.4 Å². The fraction of sp³-hybridized carbons (Fsp3) is 0.360. The standard InChI is InChI=1S/C25H27N5O2S2/c1-14-9-10-18(15(2)11-14)30-24(32)22-17-7-5-6-8-19(17)34-23(22)27-25(30)33-13-21(31)26-20-12-16(3)28-29(20)4/h9-12H,5-8,13H2,1-4H3,(H,26,31). The number of aromatic nitrogens is 4. The van der Waals surface area contributed by atoms with Gasteiger partial charge < -0.3 is 5.32 Å². The number of hydrogen-bond acceptors (Lipinski definition) is 6. The number of aryl methyl sites for hydroxylation is 6. The van der Waals surface area contributed by atoms with Crippen molar-refractivity contribution in [1.29, 1.82) is 0 Å². The number of fused-ring (bicyclic) bond motifs is 3. The van der Waals surface area contributed by atoms with Crippen molar-refractivity contribution in [2.75, 3.05) is 11.1 Å². The molecule has 0 atom stereocenters. The summed E-state index contributed by atoms with van der Waals surface area (Å²) in [5.41, 5.74) is 4.92. The molecule has 1 aromatic carbocycles. The number of thiophene rings is 1. The zero-order valence-electron chi connectivity index (χ0n) is 19.8. The molecule has 0 radical (unpaired) electrons. The number of thioether (sulfide) groups is 1. The number of rotatable bonds is 5. The van der Waals surface area contributed by atoms with Crippen LogP contribution in [0.25, 0.3) is 15.9 Å². The predicted molar refractivity (Wildman–Crippen MR) is 139 cm³/mol. The molecule has 1 amide bonds. The number of benzene rings is 1. The van der Waals surface area contributed by atoms with Gasteiger partial charge in [0.1, 0.15) is 10.6 Å². The summed E-state index contributed by atoms with van der Waals surface area (Å²) >= 11 is 2.92. The van der Waals surface area contributed by atoms with Gasteiger partial charge in [-0.25, -0.2) is 4.98 Å². The minimum Gasteiger partial charge on any atom is -0.310 e. The number of nitrogens with zero attached hydrogens (tertiary/aromatic N) is 4. The van der Waals surface area contributed by atoms with E-state index >= 15 is 0 Å². The van der Waals surface area contributed by atoms with E-state index in [2.05, 4.69) is 16.5 Å². The van der Waals surface area contributed by atoms with Gasteiger partial charge in [0.2, 0.25) is 5.91 Å². The lowest BCUT2D eigenvalue weighted by Gasteiger charge is -2.15. The second-order valence-electron chi connectivity index (χ2n) is 8.85. The van der Waals surface area contributed by atoms with Crippen molar-refractivity contribution in [2.45, 2.75) is 51.6 Å². The van der Waals surface area contributed by atoms with E-state index in [1.54, 1.807) is 27.6 Å². The molecule has 9 heteroatoms. The lowest BCUT2D eigenvalue weighted by molar-refractivity contribution is -0.113. The molecule has 176 valence electrons. The number of carbonyl (C=O) groups is 1. The van der Waals surface area contributed by atoms with Gasteiger partial charge in [0.15, 0.2) is 5.16 Å². The molecule has 0 bridgehead atoms. The smallest absolute Gasteiger partial charge is 0.267 e. The van der Waals surface area contributed by atoms with Crippen LogP contribution in [0.2, 0.25) is 0 Å². The SMILES string of the molecule is Cc1ccc(-n2c(SCC(=O)Nc3cc(C)nn3C)nc3sc4c(c3c2=O)CCCC4)c(C)c1. The van der Waals surface area contributed by atoms with E-state index < -0.39 is 0 Å². The van der Waals surface area contributed by atoms with Crippen molar-refractivity contribution in [1.82, 2.24) is 19.3 Å². The van der Waals surface area contributed by atoms with Gasteiger partial charge in [-0.15, -0.1) is 11.3 Å². The van der Waals surface area contributed by atoms with Crippen LogP contribution in [0.15, 0.2) is 34.2 Å². The Balaban J connectivity index is 1.56. The maximum Gasteiger partial charge on any atom is 0.267 e. The van der Waals surface area contributed by atoms with Crippen LogP contribution in [-0.2, 0) is 24.7 Å². The van der Waals surface area contributed by atoms with Gasteiger partial charge in [-0.1, -0.05) is 29.5 Å². The van der Waals surface area contributed by atoms with Crippen LogP contribution in [0.4, 0.5) is 5.82 Å². The molecule has 0 saturated heterocycles. The molecule has 5 rings (SSSR count). The molecule has 7 nitrogen and oxygen atoms in total. The van der Waals surface area contributed by atoms with Crippen LogP contribution in [0.3, 0.4) is 0 Å². The lowest BCUT2D eigenvalue weighted by atomic mass is 9.97. The van der Waals surface area contributed by atoms with Gasteiger partial charge in [0.05, 0.1) is 22.5 Å². The first-order valence-corrected chi connectivity index (χ1v) is 13.2. The van der Waals surface area contributed by atoms with Crippen molar-refractivity contribution < 1.29 is 4.79 Å². The first-order valence-electron chi connectivity index (χ1n) is 11.4. The van der Waals surface area contributed by atoms with E-state index in [1.807, 2.05) is 39.0 Å². The quantitative estimate of drug-likeness (QED) is 0.321. The number of anilines is 1. The zero-order chi connectivity index (χ0) is 24.0. The fourth-order valence-electron chi connectivity index (χ4n) is 4.59. The largest absolute Gasteiger partial charge is 0.310 e. The molecule has 1 N–H and O–H groups in total. The highest BCUT2D eigenvalue weighted by molar-refractivity contribution is 7.99. The molecule has 0 fully saturated rings. The number of hydrogen-bond donors (Lipinski definition) is 1. The Labute approximate surface area is 206 Å². The van der Waals surface area contributed by atoms with Crippen molar-refractivity contribution in [3.8, 4) is 5.69 Å². The molecule has 1 aliphatic rings. The molecular formula is C25H27N5O2S2. The molecule has 3 heterocycles. The summed E-state index contributed by atoms with van der Waals surface area (Å²) < 4.78 is 3.34. The first kappa shape index (κ1) is 22.9. The minimum absolute atomic E-state index is 0.0403. The van der Waals surface area contributed by atoms with Crippen LogP contribution in [0, 0.1) is 20.8 Å². The fourth-order valence-corrected chi connectivity index (χ4v) is 6.70. The Morgan fingerprint density at radius 1 is 1.18 bits per heavy atom. The molecule has 0 aliphatic heterocycles. The predicted octanol–water partition coefficient (Wildman–Crippen LogP) is 4.72. The second-order valence-corrected chi connectivity index (χ2v) is 10.9. The molecule has 0 unspecified atom stereocenters. The highest BCUT2D eigenvalue weighted by atomic mass is 32.2. The Hall–Kier alpha value is -2.91. The number of amides is 1. The minimum atomic E-state index is -0.167. The van der Waals surface area contributed by atoms with Crippen LogP contribution >= 0.6 is 23.1 Å². The zero-order valence-corrected chi connectivity index (χ0v) is 21.4. The molecule has 3 aromatic heterocycles. The summed E-state index contributed by atoms with van der Waals surface area (Å²) in [6.45, 7) is 5.93. The number of carbonyl (C=O) groups excluding carboxylic acids is 1. The summed E-state index contributed by atoms with van der Waals surface area (Å²) in [5, 5.41) is 8.46. The van der Waals surface area contributed by atoms with Crippen molar-refractivity contribution >= 4 is 45.0 Å². The summed E-state index contributed by atoms with van der Waals surface area (Å²) in [5.74, 6) is 0.613. The highest BCUT2D eigenvalue weighted by Crippen LogP contribution is 2.35. The van der Waals surface area contributed by atoms with Crippen LogP contribution in [0.1, 0.15) is 40.1 Å². The third-order valence-electron chi connectivity index (χ3n) is 6.15. The average Bonchev–Trinajstić information content (AvgIpc) is 3.31. The van der Waals surface area contributed by atoms with Crippen molar-refractivity contribution in [2.24, 2.45) is 7.05 Å². The first-order chi connectivity index (χ1) is 16.3. The van der Waals surface area contributed by atoms with Crippen LogP contribution < -0.4 is 10.9 Å². The summed E-state index contributed by atoms with van der Waals surface area (Å²) in [6, 6.07) is 7.88. The van der Waals surface area contributed by atoms with Gasteiger partial charge in [-0.3, -0.25) is 18.8 Å². The maximum atomic E-state index is 13.9. The molecule has 0 saturated carbocycles. The number of nitrogens with one attached hydrogen (secondary N) is 1. The van der Waals surface area contributed by atoms with E-state index in [-0.39, 0.29) is 17.2 Å². The Kier molecular flexibility index (Phi) is 6.07. The topological polar surface area (TPSA) is 81.8 Å². The van der Waals surface area contributed by atoms with Gasteiger partial charge in [-0.2, -0.15) is 5.10 Å². The molecule has 1 aliphatic carbocycles. The summed E-state index contributed by atoms with van der Waals surface area (Å²) in [7, 11) is 1.79. The van der Waals surface area contributed by atoms with Crippen molar-refractivity contribution in [3.63, 3.8) is 0 Å². The Bertz CT molecular complexity index is 1480. The van der Waals surface area contributed by atoms with Crippen LogP contribution in [0.5, 0.6) is 0 Å². The van der Waals surface area contributed by atoms with Gasteiger partial charge >= 0.3 is 0 Å². The van der Waals surface area contributed by atoms with E-state index in [1.165, 1.54) is 22.2 Å². The third kappa shape index (κ3) is 4.18. The average molecular weight is 494 g/mol. The van der Waals surface area contributed by atoms with E-state index in [0.29, 0.717) is 11.0 Å². The molecule has 4 aromatic rings. The maximum absolute atomic E-state index is 13.9. The third-order valence-corrected chi connectivity index (χ3v) is 8.28. The molecular weight excluding hydrogens is 466 g/mol. The van der Waals surface area contributed by atoms with Crippen LogP contribution in [-0.4, -0.2) is 31.0 Å².